The van der Waals surface area contributed by atoms with Crippen LogP contribution in [0.25, 0.3) is 0 Å². The fourth-order valence-electron chi connectivity index (χ4n) is 4.81. The number of nitrogens with one attached hydrogen (secondary N) is 1. The van der Waals surface area contributed by atoms with E-state index in [0.29, 0.717) is 5.75 Å². The second-order valence-corrected chi connectivity index (χ2v) is 12.7. The number of halogens is 2. The van der Waals surface area contributed by atoms with Gasteiger partial charge in [-0.3, -0.25) is 13.9 Å². The average Bonchev–Trinajstić information content (AvgIpc) is 3.49. The summed E-state index contributed by atoms with van der Waals surface area (Å²) in [5.41, 5.74) is 0.807. The molecule has 1 N–H and O–H groups in total. The topological polar surface area (TPSA) is 96.0 Å². The van der Waals surface area contributed by atoms with Gasteiger partial charge < -0.3 is 15.0 Å². The molecular weight excluding hydrogens is 585 g/mol. The van der Waals surface area contributed by atoms with Crippen molar-refractivity contribution in [3.05, 3.63) is 88.4 Å². The van der Waals surface area contributed by atoms with Crippen molar-refractivity contribution >= 4 is 50.7 Å². The Morgan fingerprint density at radius 2 is 1.66 bits per heavy atom. The molecule has 1 aliphatic carbocycles. The van der Waals surface area contributed by atoms with E-state index in [1.165, 1.54) is 35.2 Å². The van der Waals surface area contributed by atoms with Crippen molar-refractivity contribution in [2.45, 2.75) is 56.1 Å². The first-order valence-corrected chi connectivity index (χ1v) is 15.6. The van der Waals surface area contributed by atoms with Crippen molar-refractivity contribution in [1.82, 2.24) is 10.2 Å². The van der Waals surface area contributed by atoms with Crippen molar-refractivity contribution in [3.8, 4) is 5.75 Å². The van der Waals surface area contributed by atoms with Gasteiger partial charge in [0.25, 0.3) is 10.0 Å². The van der Waals surface area contributed by atoms with Gasteiger partial charge in [-0.15, -0.1) is 0 Å². The highest BCUT2D eigenvalue weighted by Crippen LogP contribution is 2.33. The highest BCUT2D eigenvalue weighted by molar-refractivity contribution is 7.92. The monoisotopic (exact) mass is 617 g/mol. The van der Waals surface area contributed by atoms with Crippen molar-refractivity contribution in [1.29, 1.82) is 0 Å². The number of amides is 2. The van der Waals surface area contributed by atoms with Gasteiger partial charge in [0.15, 0.2) is 0 Å². The summed E-state index contributed by atoms with van der Waals surface area (Å²) in [6, 6.07) is 18.5. The number of benzene rings is 3. The van der Waals surface area contributed by atoms with Gasteiger partial charge in [-0.2, -0.15) is 0 Å². The Bertz CT molecular complexity index is 1460. The molecule has 41 heavy (non-hydrogen) atoms. The Hall–Kier alpha value is -3.27. The zero-order valence-electron chi connectivity index (χ0n) is 22.9. The van der Waals surface area contributed by atoms with Gasteiger partial charge in [-0.25, -0.2) is 8.42 Å². The first-order valence-electron chi connectivity index (χ1n) is 13.4. The van der Waals surface area contributed by atoms with Crippen molar-refractivity contribution in [2.24, 2.45) is 0 Å². The molecular formula is C30H33Cl2N3O5S. The van der Waals surface area contributed by atoms with Crippen LogP contribution in [0, 0.1) is 0 Å². The van der Waals surface area contributed by atoms with Crippen molar-refractivity contribution in [2.75, 3.05) is 18.0 Å². The van der Waals surface area contributed by atoms with Crippen LogP contribution < -0.4 is 14.4 Å². The molecule has 8 nitrogen and oxygen atoms in total. The second-order valence-electron chi connectivity index (χ2n) is 9.96. The summed E-state index contributed by atoms with van der Waals surface area (Å²) in [6.07, 6.45) is 3.86. The Labute approximate surface area is 251 Å². The van der Waals surface area contributed by atoms with Crippen LogP contribution in [-0.4, -0.2) is 50.9 Å². The van der Waals surface area contributed by atoms with E-state index in [0.717, 1.165) is 35.6 Å². The quantitative estimate of drug-likeness (QED) is 0.299. The molecule has 1 unspecified atom stereocenters. The van der Waals surface area contributed by atoms with Gasteiger partial charge in [0.2, 0.25) is 11.8 Å². The van der Waals surface area contributed by atoms with Crippen LogP contribution in [0.4, 0.5) is 5.69 Å². The molecule has 0 heterocycles. The minimum absolute atomic E-state index is 0.0161. The number of nitrogens with zero attached hydrogens (tertiary/aromatic N) is 2. The zero-order valence-corrected chi connectivity index (χ0v) is 25.3. The van der Waals surface area contributed by atoms with E-state index in [1.807, 2.05) is 0 Å². The highest BCUT2D eigenvalue weighted by atomic mass is 35.5. The summed E-state index contributed by atoms with van der Waals surface area (Å²) < 4.78 is 33.9. The van der Waals surface area contributed by atoms with Crippen LogP contribution in [0.5, 0.6) is 5.75 Å². The lowest BCUT2D eigenvalue weighted by Crippen LogP contribution is -2.52. The number of ether oxygens (including phenoxy) is 1. The molecule has 3 aromatic carbocycles. The molecule has 1 fully saturated rings. The van der Waals surface area contributed by atoms with Gasteiger partial charge in [0, 0.05) is 17.6 Å². The number of anilines is 1. The summed E-state index contributed by atoms with van der Waals surface area (Å²) in [5.74, 6) is -0.225. The maximum atomic E-state index is 14.1. The Kier molecular flexibility index (Phi) is 10.2. The van der Waals surface area contributed by atoms with Crippen molar-refractivity contribution in [3.63, 3.8) is 0 Å². The molecule has 0 radical (unpaired) electrons. The molecule has 0 aromatic heterocycles. The summed E-state index contributed by atoms with van der Waals surface area (Å²) in [6.45, 7) is 1.12. The zero-order chi connectivity index (χ0) is 29.6. The van der Waals surface area contributed by atoms with Crippen LogP contribution in [-0.2, 0) is 26.2 Å². The lowest BCUT2D eigenvalue weighted by molar-refractivity contribution is -0.139. The second kappa shape index (κ2) is 13.6. The third kappa shape index (κ3) is 7.52. The van der Waals surface area contributed by atoms with Crippen LogP contribution >= 0.6 is 23.2 Å². The summed E-state index contributed by atoms with van der Waals surface area (Å²) in [7, 11) is -2.68. The van der Waals surface area contributed by atoms with E-state index in [-0.39, 0.29) is 39.1 Å². The average molecular weight is 619 g/mol. The highest BCUT2D eigenvalue weighted by Gasteiger charge is 2.34. The molecule has 11 heteroatoms. The Morgan fingerprint density at radius 3 is 2.29 bits per heavy atom. The van der Waals surface area contributed by atoms with Crippen LogP contribution in [0.1, 0.15) is 38.2 Å². The maximum absolute atomic E-state index is 14.1. The van der Waals surface area contributed by atoms with E-state index in [4.69, 9.17) is 27.9 Å². The SMILES string of the molecule is COc1ccc(CN(C(=O)CN(c2cc(Cl)ccc2Cl)S(=O)(=O)c2ccccc2)C(C)C(=O)NC2CCCC2)cc1. The fourth-order valence-corrected chi connectivity index (χ4v) is 6.69. The lowest BCUT2D eigenvalue weighted by atomic mass is 10.1. The number of hydrogen-bond donors (Lipinski definition) is 1. The van der Waals surface area contributed by atoms with E-state index in [2.05, 4.69) is 5.32 Å². The van der Waals surface area contributed by atoms with Crippen LogP contribution in [0.15, 0.2) is 77.7 Å². The molecule has 1 atom stereocenters. The molecule has 2 amide bonds. The summed E-state index contributed by atoms with van der Waals surface area (Å²) in [4.78, 5) is 28.7. The van der Waals surface area contributed by atoms with Crippen LogP contribution in [0.3, 0.4) is 0 Å². The first kappa shape index (κ1) is 30.7. The molecule has 0 bridgehead atoms. The third-order valence-corrected chi connectivity index (χ3v) is 9.50. The van der Waals surface area contributed by atoms with Gasteiger partial charge in [0.05, 0.1) is 22.7 Å². The third-order valence-electron chi connectivity index (χ3n) is 7.17. The molecule has 218 valence electrons. The summed E-state index contributed by atoms with van der Waals surface area (Å²) >= 11 is 12.7. The fraction of sp³-hybridized carbons (Fsp3) is 0.333. The molecule has 3 aromatic rings. The van der Waals surface area contributed by atoms with E-state index < -0.39 is 28.5 Å². The number of methoxy groups -OCH3 is 1. The smallest absolute Gasteiger partial charge is 0.264 e. The Morgan fingerprint density at radius 1 is 1.00 bits per heavy atom. The van der Waals surface area contributed by atoms with E-state index in [1.54, 1.807) is 56.5 Å². The molecule has 0 aliphatic heterocycles. The molecule has 4 rings (SSSR count). The standard InChI is InChI=1S/C30H33Cl2N3O5S/c1-21(30(37)33-24-8-6-7-9-24)34(19-22-12-15-25(40-2)16-13-22)29(36)20-35(28-18-23(31)14-17-27(28)32)41(38,39)26-10-4-3-5-11-26/h3-5,10-18,21,24H,6-9,19-20H2,1-2H3,(H,33,37). The molecule has 1 aliphatic rings. The van der Waals surface area contributed by atoms with Gasteiger partial charge in [0.1, 0.15) is 18.3 Å². The van der Waals surface area contributed by atoms with Gasteiger partial charge >= 0.3 is 0 Å². The van der Waals surface area contributed by atoms with Crippen LogP contribution in [0.2, 0.25) is 10.0 Å². The minimum Gasteiger partial charge on any atom is -0.497 e. The first-order chi connectivity index (χ1) is 19.6. The molecule has 0 saturated heterocycles. The molecule has 1 saturated carbocycles. The Balaban J connectivity index is 1.70. The number of sulfonamides is 1. The van der Waals surface area contributed by atoms with Gasteiger partial charge in [-0.1, -0.05) is 66.4 Å². The number of carbonyl (C=O) groups is 2. The molecule has 0 spiro atoms. The normalized spacial score (nSPS) is 14.3. The van der Waals surface area contributed by atoms with Crippen molar-refractivity contribution < 1.29 is 22.7 Å². The predicted molar refractivity (Wildman–Crippen MR) is 161 cm³/mol. The number of hydrogen-bond acceptors (Lipinski definition) is 5. The number of carbonyl (C=O) groups excluding carboxylic acids is 2. The van der Waals surface area contributed by atoms with Gasteiger partial charge in [-0.05, 0) is 67.8 Å². The number of rotatable bonds is 11. The minimum atomic E-state index is -4.24. The maximum Gasteiger partial charge on any atom is 0.264 e. The van der Waals surface area contributed by atoms with E-state index >= 15 is 0 Å². The largest absolute Gasteiger partial charge is 0.497 e. The summed E-state index contributed by atoms with van der Waals surface area (Å²) in [5, 5.41) is 3.41. The lowest BCUT2D eigenvalue weighted by Gasteiger charge is -2.32. The predicted octanol–water partition coefficient (Wildman–Crippen LogP) is 5.67. The van der Waals surface area contributed by atoms with E-state index in [9.17, 15) is 18.0 Å².